The first-order chi connectivity index (χ1) is 9.65. The number of nitrogens with one attached hydrogen (secondary N) is 1. The summed E-state index contributed by atoms with van der Waals surface area (Å²) in [6, 6.07) is 0.348. The lowest BCUT2D eigenvalue weighted by Gasteiger charge is -2.17. The fraction of sp³-hybridized carbons (Fsp3) is 0.600. The Balaban J connectivity index is 2.12. The van der Waals surface area contributed by atoms with Crippen molar-refractivity contribution in [2.45, 2.75) is 39.2 Å². The number of aryl methyl sites for hydroxylation is 4. The van der Waals surface area contributed by atoms with Gasteiger partial charge in [0.25, 0.3) is 0 Å². The first kappa shape index (κ1) is 14.8. The Morgan fingerprint density at radius 2 is 2.10 bits per heavy atom. The fourth-order valence-corrected chi connectivity index (χ4v) is 2.64. The van der Waals surface area contributed by atoms with Gasteiger partial charge in [-0.3, -0.25) is 4.68 Å². The lowest BCUT2D eigenvalue weighted by molar-refractivity contribution is 0.502. The van der Waals surface area contributed by atoms with E-state index in [-0.39, 0.29) is 0 Å². The minimum absolute atomic E-state index is 0.348. The van der Waals surface area contributed by atoms with Gasteiger partial charge in [0, 0.05) is 50.7 Å². The molecule has 0 saturated heterocycles. The summed E-state index contributed by atoms with van der Waals surface area (Å²) >= 11 is 0. The van der Waals surface area contributed by atoms with Gasteiger partial charge in [0.15, 0.2) is 0 Å². The van der Waals surface area contributed by atoms with Gasteiger partial charge in [0.1, 0.15) is 5.82 Å². The zero-order valence-corrected chi connectivity index (χ0v) is 12.9. The van der Waals surface area contributed by atoms with Crippen molar-refractivity contribution in [3.05, 3.63) is 35.7 Å². The molecule has 0 radical (unpaired) electrons. The Morgan fingerprint density at radius 1 is 1.30 bits per heavy atom. The predicted molar refractivity (Wildman–Crippen MR) is 80.5 cm³/mol. The number of hydrogen-bond acceptors (Lipinski definition) is 3. The van der Waals surface area contributed by atoms with Crippen molar-refractivity contribution in [3.63, 3.8) is 0 Å². The molecule has 0 fully saturated rings. The number of aromatic nitrogens is 4. The van der Waals surface area contributed by atoms with Crippen LogP contribution in [0.3, 0.4) is 0 Å². The second-order valence-corrected chi connectivity index (χ2v) is 5.16. The van der Waals surface area contributed by atoms with E-state index in [0.717, 1.165) is 31.6 Å². The molecule has 0 aliphatic rings. The summed E-state index contributed by atoms with van der Waals surface area (Å²) in [5.41, 5.74) is 2.52. The maximum absolute atomic E-state index is 4.55. The van der Waals surface area contributed by atoms with Crippen molar-refractivity contribution in [1.82, 2.24) is 24.6 Å². The van der Waals surface area contributed by atoms with Gasteiger partial charge in [-0.25, -0.2) is 4.98 Å². The van der Waals surface area contributed by atoms with E-state index < -0.39 is 0 Å². The predicted octanol–water partition coefficient (Wildman–Crippen LogP) is 2.00. The van der Waals surface area contributed by atoms with Gasteiger partial charge in [-0.15, -0.1) is 0 Å². The number of imidazole rings is 1. The van der Waals surface area contributed by atoms with Crippen LogP contribution in [0.2, 0.25) is 0 Å². The maximum atomic E-state index is 4.55. The van der Waals surface area contributed by atoms with E-state index in [2.05, 4.69) is 40.0 Å². The molecule has 0 spiro atoms. The number of nitrogens with zero attached hydrogens (tertiary/aromatic N) is 4. The van der Waals surface area contributed by atoms with Gasteiger partial charge in [-0.1, -0.05) is 13.8 Å². The van der Waals surface area contributed by atoms with Crippen LogP contribution < -0.4 is 5.32 Å². The highest BCUT2D eigenvalue weighted by Gasteiger charge is 2.17. The Hall–Kier alpha value is -1.62. The molecule has 0 aliphatic carbocycles. The monoisotopic (exact) mass is 275 g/mol. The molecule has 5 heteroatoms. The summed E-state index contributed by atoms with van der Waals surface area (Å²) in [4.78, 5) is 4.40. The number of rotatable bonds is 7. The molecule has 1 atom stereocenters. The molecule has 110 valence electrons. The van der Waals surface area contributed by atoms with Crippen LogP contribution in [0.25, 0.3) is 0 Å². The summed E-state index contributed by atoms with van der Waals surface area (Å²) < 4.78 is 4.01. The molecule has 0 bridgehead atoms. The zero-order valence-electron chi connectivity index (χ0n) is 12.9. The smallest absolute Gasteiger partial charge is 0.108 e. The largest absolute Gasteiger partial charge is 0.338 e. The highest BCUT2D eigenvalue weighted by atomic mass is 15.3. The average Bonchev–Trinajstić information content (AvgIpc) is 3.00. The van der Waals surface area contributed by atoms with Crippen LogP contribution in [0.1, 0.15) is 43.4 Å². The normalized spacial score (nSPS) is 12.8. The van der Waals surface area contributed by atoms with Crippen LogP contribution in [0, 0.1) is 0 Å². The Labute approximate surface area is 121 Å². The minimum Gasteiger partial charge on any atom is -0.338 e. The molecule has 1 unspecified atom stereocenters. The van der Waals surface area contributed by atoms with Crippen molar-refractivity contribution in [2.75, 3.05) is 6.54 Å². The lowest BCUT2D eigenvalue weighted by atomic mass is 10.0. The average molecular weight is 275 g/mol. The van der Waals surface area contributed by atoms with Crippen molar-refractivity contribution in [3.8, 4) is 0 Å². The van der Waals surface area contributed by atoms with Gasteiger partial charge in [-0.05, 0) is 19.4 Å². The number of hydrogen-bond donors (Lipinski definition) is 1. The van der Waals surface area contributed by atoms with Crippen molar-refractivity contribution in [1.29, 1.82) is 0 Å². The molecule has 2 aromatic rings. The minimum atomic E-state index is 0.348. The Morgan fingerprint density at radius 3 is 2.70 bits per heavy atom. The quantitative estimate of drug-likeness (QED) is 0.841. The Kier molecular flexibility index (Phi) is 4.95. The van der Waals surface area contributed by atoms with E-state index in [1.54, 1.807) is 0 Å². The highest BCUT2D eigenvalue weighted by molar-refractivity contribution is 5.21. The van der Waals surface area contributed by atoms with Crippen molar-refractivity contribution in [2.24, 2.45) is 14.1 Å². The molecule has 0 aliphatic heterocycles. The SMILES string of the molecule is CCNC(CCc1nccn1C)c1cn(C)nc1CC. The van der Waals surface area contributed by atoms with E-state index in [0.29, 0.717) is 6.04 Å². The topological polar surface area (TPSA) is 47.7 Å². The van der Waals surface area contributed by atoms with E-state index in [9.17, 15) is 0 Å². The molecule has 5 nitrogen and oxygen atoms in total. The summed E-state index contributed by atoms with van der Waals surface area (Å²) in [7, 11) is 4.04. The highest BCUT2D eigenvalue weighted by Crippen LogP contribution is 2.22. The van der Waals surface area contributed by atoms with Crippen LogP contribution in [-0.4, -0.2) is 25.9 Å². The summed E-state index contributed by atoms with van der Waals surface area (Å²) in [5, 5.41) is 8.13. The van der Waals surface area contributed by atoms with Crippen molar-refractivity contribution < 1.29 is 0 Å². The molecule has 20 heavy (non-hydrogen) atoms. The Bertz CT molecular complexity index is 540. The summed E-state index contributed by atoms with van der Waals surface area (Å²) in [6.07, 6.45) is 8.99. The maximum Gasteiger partial charge on any atom is 0.108 e. The van der Waals surface area contributed by atoms with Crippen LogP contribution in [-0.2, 0) is 26.9 Å². The first-order valence-corrected chi connectivity index (χ1v) is 7.37. The lowest BCUT2D eigenvalue weighted by Crippen LogP contribution is -2.22. The third-order valence-electron chi connectivity index (χ3n) is 3.68. The molecule has 0 saturated carbocycles. The van der Waals surface area contributed by atoms with Gasteiger partial charge in [-0.2, -0.15) is 5.10 Å². The third-order valence-corrected chi connectivity index (χ3v) is 3.68. The molecule has 1 N–H and O–H groups in total. The zero-order chi connectivity index (χ0) is 14.5. The van der Waals surface area contributed by atoms with Gasteiger partial charge >= 0.3 is 0 Å². The van der Waals surface area contributed by atoms with Crippen LogP contribution >= 0.6 is 0 Å². The van der Waals surface area contributed by atoms with Gasteiger partial charge in [0.2, 0.25) is 0 Å². The van der Waals surface area contributed by atoms with Crippen LogP contribution in [0.4, 0.5) is 0 Å². The van der Waals surface area contributed by atoms with Gasteiger partial charge in [0.05, 0.1) is 5.69 Å². The fourth-order valence-electron chi connectivity index (χ4n) is 2.64. The third kappa shape index (κ3) is 3.28. The molecular formula is C15H25N5. The molecule has 0 aromatic carbocycles. The summed E-state index contributed by atoms with van der Waals surface area (Å²) in [5.74, 6) is 1.13. The van der Waals surface area contributed by atoms with E-state index in [1.807, 2.05) is 31.2 Å². The van der Waals surface area contributed by atoms with Crippen LogP contribution in [0.15, 0.2) is 18.6 Å². The second kappa shape index (κ2) is 6.70. The molecular weight excluding hydrogens is 250 g/mol. The standard InChI is InChI=1S/C15H25N5/c1-5-13-12(11-20(4)18-13)14(16-6-2)7-8-15-17-9-10-19(15)3/h9-11,14,16H,5-8H2,1-4H3. The molecule has 2 rings (SSSR count). The first-order valence-electron chi connectivity index (χ1n) is 7.37. The van der Waals surface area contributed by atoms with Gasteiger partial charge < -0.3 is 9.88 Å². The molecule has 2 heterocycles. The molecule has 0 amide bonds. The van der Waals surface area contributed by atoms with E-state index >= 15 is 0 Å². The van der Waals surface area contributed by atoms with E-state index in [4.69, 9.17) is 0 Å². The van der Waals surface area contributed by atoms with E-state index in [1.165, 1.54) is 11.3 Å². The van der Waals surface area contributed by atoms with Crippen LogP contribution in [0.5, 0.6) is 0 Å². The summed E-state index contributed by atoms with van der Waals surface area (Å²) in [6.45, 7) is 5.27. The second-order valence-electron chi connectivity index (χ2n) is 5.16. The molecule has 2 aromatic heterocycles. The van der Waals surface area contributed by atoms with Crippen molar-refractivity contribution >= 4 is 0 Å².